The van der Waals surface area contributed by atoms with Crippen LogP contribution in [-0.2, 0) is 17.4 Å². The van der Waals surface area contributed by atoms with Crippen molar-refractivity contribution in [3.8, 4) is 11.3 Å². The first-order valence-corrected chi connectivity index (χ1v) is 12.3. The quantitative estimate of drug-likeness (QED) is 0.248. The summed E-state index contributed by atoms with van der Waals surface area (Å²) in [5.41, 5.74) is 5.27. The molecule has 0 amide bonds. The van der Waals surface area contributed by atoms with E-state index in [9.17, 15) is 8.63 Å². The molecule has 0 saturated carbocycles. The standard InChI is InChI=1S/C29H31BF2N4/c1-28(2,3)20-12-13-26-22(14-20)23-15-21(29(4,5)6)16-24(27(23)36(26)30(31)32)25-18-35(34-33-25)17-19-10-8-7-9-11-19/h7-16,18H,17H2,1-6H3. The molecule has 5 rings (SSSR count). The lowest BCUT2D eigenvalue weighted by atomic mass is 9.84. The van der Waals surface area contributed by atoms with E-state index in [1.807, 2.05) is 54.7 Å². The number of fused-ring (bicyclic) bond motifs is 3. The second kappa shape index (κ2) is 8.58. The summed E-state index contributed by atoms with van der Waals surface area (Å²) in [6, 6.07) is 19.9. The van der Waals surface area contributed by atoms with E-state index in [2.05, 4.69) is 64.0 Å². The van der Waals surface area contributed by atoms with Gasteiger partial charge in [0.1, 0.15) is 5.69 Å². The van der Waals surface area contributed by atoms with Gasteiger partial charge in [0.2, 0.25) is 0 Å². The molecule has 0 spiro atoms. The molecule has 0 aliphatic rings. The van der Waals surface area contributed by atoms with Crippen molar-refractivity contribution in [2.45, 2.75) is 58.9 Å². The lowest BCUT2D eigenvalue weighted by Gasteiger charge is -2.21. The summed E-state index contributed by atoms with van der Waals surface area (Å²) in [7, 11) is -2.69. The molecule has 0 unspecified atom stereocenters. The zero-order valence-corrected chi connectivity index (χ0v) is 21.7. The SMILES string of the molecule is CC(C)(C)c1ccc2c(c1)c1cc(C(C)(C)C)cc(-c3cn(Cc4ccccc4)nn3)c1n2B(F)F. The molecule has 4 nitrogen and oxygen atoms in total. The van der Waals surface area contributed by atoms with Crippen molar-refractivity contribution in [2.24, 2.45) is 0 Å². The minimum Gasteiger partial charge on any atom is -0.324 e. The van der Waals surface area contributed by atoms with E-state index in [0.29, 0.717) is 28.8 Å². The van der Waals surface area contributed by atoms with Crippen LogP contribution in [0.3, 0.4) is 0 Å². The van der Waals surface area contributed by atoms with Crippen molar-refractivity contribution < 1.29 is 8.63 Å². The number of rotatable bonds is 4. The molecular formula is C29H31BF2N4. The summed E-state index contributed by atoms with van der Waals surface area (Å²) in [5, 5.41) is 10.4. The largest absolute Gasteiger partial charge is 0.678 e. The minimum atomic E-state index is -2.69. The molecule has 2 heterocycles. The smallest absolute Gasteiger partial charge is 0.324 e. The number of halogens is 2. The van der Waals surface area contributed by atoms with Crippen LogP contribution < -0.4 is 0 Å². The molecule has 2 aromatic heterocycles. The fourth-order valence-electron chi connectivity index (χ4n) is 4.75. The third kappa shape index (κ3) is 4.32. The Bertz CT molecular complexity index is 1550. The normalized spacial score (nSPS) is 12.6. The van der Waals surface area contributed by atoms with E-state index in [4.69, 9.17) is 0 Å². The molecule has 0 saturated heterocycles. The Hall–Kier alpha value is -3.48. The maximum Gasteiger partial charge on any atom is 0.678 e. The van der Waals surface area contributed by atoms with E-state index in [1.165, 1.54) is 0 Å². The molecule has 0 atom stereocenters. The zero-order valence-electron chi connectivity index (χ0n) is 21.7. The number of aromatic nitrogens is 4. The molecule has 0 aliphatic heterocycles. The topological polar surface area (TPSA) is 35.6 Å². The van der Waals surface area contributed by atoms with Gasteiger partial charge in [0.05, 0.1) is 18.3 Å². The summed E-state index contributed by atoms with van der Waals surface area (Å²) in [4.78, 5) is 0. The average molecular weight is 484 g/mol. The first-order chi connectivity index (χ1) is 16.9. The van der Waals surface area contributed by atoms with Crippen LogP contribution in [0.5, 0.6) is 0 Å². The lowest BCUT2D eigenvalue weighted by Crippen LogP contribution is -2.14. The maximum absolute atomic E-state index is 14.6. The maximum atomic E-state index is 14.6. The highest BCUT2D eigenvalue weighted by molar-refractivity contribution is 6.46. The van der Waals surface area contributed by atoms with Crippen LogP contribution >= 0.6 is 0 Å². The summed E-state index contributed by atoms with van der Waals surface area (Å²) >= 11 is 0. The van der Waals surface area contributed by atoms with Gasteiger partial charge in [-0.25, -0.2) is 4.68 Å². The van der Waals surface area contributed by atoms with Gasteiger partial charge in [-0.15, -0.1) is 5.10 Å². The summed E-state index contributed by atoms with van der Waals surface area (Å²) in [6.07, 6.45) is 1.85. The van der Waals surface area contributed by atoms with Crippen molar-refractivity contribution >= 4 is 29.2 Å². The van der Waals surface area contributed by atoms with Gasteiger partial charge in [0, 0.05) is 21.9 Å². The molecule has 184 valence electrons. The molecule has 7 heteroatoms. The number of hydrogen-bond donors (Lipinski definition) is 0. The molecule has 0 bridgehead atoms. The van der Waals surface area contributed by atoms with Gasteiger partial charge in [-0.2, -0.15) is 0 Å². The van der Waals surface area contributed by atoms with Crippen molar-refractivity contribution in [3.05, 3.63) is 83.6 Å². The highest BCUT2D eigenvalue weighted by Crippen LogP contribution is 2.41. The van der Waals surface area contributed by atoms with Gasteiger partial charge < -0.3 is 4.48 Å². The molecule has 0 radical (unpaired) electrons. The van der Waals surface area contributed by atoms with E-state index in [-0.39, 0.29) is 10.8 Å². The Morgan fingerprint density at radius 1 is 0.806 bits per heavy atom. The fraction of sp³-hybridized carbons (Fsp3) is 0.310. The van der Waals surface area contributed by atoms with E-state index in [0.717, 1.165) is 31.9 Å². The van der Waals surface area contributed by atoms with Crippen molar-refractivity contribution in [2.75, 3.05) is 0 Å². The van der Waals surface area contributed by atoms with Crippen molar-refractivity contribution in [3.63, 3.8) is 0 Å². The summed E-state index contributed by atoms with van der Waals surface area (Å²) in [6.45, 7) is 13.4. The Labute approximate surface area is 211 Å². The van der Waals surface area contributed by atoms with E-state index >= 15 is 0 Å². The minimum absolute atomic E-state index is 0.0992. The average Bonchev–Trinajstić information content (AvgIpc) is 3.40. The van der Waals surface area contributed by atoms with Crippen molar-refractivity contribution in [1.82, 2.24) is 19.5 Å². The summed E-state index contributed by atoms with van der Waals surface area (Å²) in [5.74, 6) is 0. The predicted octanol–water partition coefficient (Wildman–Crippen LogP) is 7.47. The van der Waals surface area contributed by atoms with Gasteiger partial charge >= 0.3 is 7.40 Å². The van der Waals surface area contributed by atoms with Crippen LogP contribution in [0.4, 0.5) is 8.63 Å². The molecule has 3 aromatic carbocycles. The molecule has 36 heavy (non-hydrogen) atoms. The van der Waals surface area contributed by atoms with Crippen LogP contribution in [0, 0.1) is 0 Å². The van der Waals surface area contributed by atoms with Crippen LogP contribution in [-0.4, -0.2) is 26.9 Å². The Morgan fingerprint density at radius 3 is 2.11 bits per heavy atom. The van der Waals surface area contributed by atoms with Crippen LogP contribution in [0.2, 0.25) is 0 Å². The lowest BCUT2D eigenvalue weighted by molar-refractivity contribution is 0.590. The van der Waals surface area contributed by atoms with Gasteiger partial charge in [-0.05, 0) is 51.8 Å². The first-order valence-electron chi connectivity index (χ1n) is 12.3. The molecule has 5 aromatic rings. The van der Waals surface area contributed by atoms with Crippen LogP contribution in [0.15, 0.2) is 66.9 Å². The fourth-order valence-corrected chi connectivity index (χ4v) is 4.75. The number of hydrogen-bond acceptors (Lipinski definition) is 2. The zero-order chi connectivity index (χ0) is 25.8. The molecular weight excluding hydrogens is 453 g/mol. The van der Waals surface area contributed by atoms with Gasteiger partial charge in [-0.1, -0.05) is 83.2 Å². The van der Waals surface area contributed by atoms with Crippen molar-refractivity contribution in [1.29, 1.82) is 0 Å². The molecule has 0 fully saturated rings. The molecule has 0 N–H and O–H groups in total. The third-order valence-corrected chi connectivity index (χ3v) is 6.83. The third-order valence-electron chi connectivity index (χ3n) is 6.83. The highest BCUT2D eigenvalue weighted by atomic mass is 19.2. The number of nitrogens with zero attached hydrogens (tertiary/aromatic N) is 4. The van der Waals surface area contributed by atoms with Gasteiger partial charge in [0.25, 0.3) is 0 Å². The Balaban J connectivity index is 1.80. The van der Waals surface area contributed by atoms with Crippen LogP contribution in [0.1, 0.15) is 58.2 Å². The Morgan fingerprint density at radius 2 is 1.47 bits per heavy atom. The highest BCUT2D eigenvalue weighted by Gasteiger charge is 2.29. The van der Waals surface area contributed by atoms with Crippen LogP contribution in [0.25, 0.3) is 33.1 Å². The predicted molar refractivity (Wildman–Crippen MR) is 145 cm³/mol. The number of benzene rings is 3. The first kappa shape index (κ1) is 24.2. The summed E-state index contributed by atoms with van der Waals surface area (Å²) < 4.78 is 32.2. The van der Waals surface area contributed by atoms with E-state index < -0.39 is 7.40 Å². The second-order valence-electron chi connectivity index (χ2n) is 11.6. The molecule has 0 aliphatic carbocycles. The van der Waals surface area contributed by atoms with Gasteiger partial charge in [0.15, 0.2) is 0 Å². The van der Waals surface area contributed by atoms with E-state index in [1.54, 1.807) is 4.68 Å². The monoisotopic (exact) mass is 484 g/mol. The second-order valence-corrected chi connectivity index (χ2v) is 11.6. The van der Waals surface area contributed by atoms with Gasteiger partial charge in [-0.3, -0.25) is 8.63 Å². The Kier molecular flexibility index (Phi) is 5.77.